The Hall–Kier alpha value is -19.1. The minimum absolute atomic E-state index is 0.643. The van der Waals surface area contributed by atoms with Crippen LogP contribution in [0.5, 0.6) is 0 Å². The van der Waals surface area contributed by atoms with Gasteiger partial charge in [0.2, 0.25) is 0 Å². The van der Waals surface area contributed by atoms with Crippen molar-refractivity contribution in [2.24, 2.45) is 0 Å². The Morgan fingerprint density at radius 1 is 0.122 bits per heavy atom. The Morgan fingerprint density at radius 3 is 0.735 bits per heavy atom. The van der Waals surface area contributed by atoms with Crippen molar-refractivity contribution in [3.8, 4) is 136 Å². The third-order valence-corrected chi connectivity index (χ3v) is 30.7. The molecule has 147 heavy (non-hydrogen) atoms. The van der Waals surface area contributed by atoms with E-state index in [1.54, 1.807) is 0 Å². The van der Waals surface area contributed by atoms with E-state index < -0.39 is 0 Å². The number of rotatable bonds is 12. The third kappa shape index (κ3) is 15.9. The number of benzene rings is 24. The zero-order chi connectivity index (χ0) is 96.9. The second-order valence-corrected chi connectivity index (χ2v) is 39.5. The van der Waals surface area contributed by atoms with Gasteiger partial charge in [-0.25, -0.2) is 44.9 Å². The van der Waals surface area contributed by atoms with Gasteiger partial charge in [0.05, 0.1) is 0 Å². The molecule has 6 heterocycles. The molecule has 0 fully saturated rings. The smallest absolute Gasteiger partial charge is 0.164 e. The molecule has 0 amide bonds. The number of nitrogens with zero attached hydrogens (tertiary/aromatic N) is 9. The lowest BCUT2D eigenvalue weighted by molar-refractivity contribution is 0.669. The Morgan fingerprint density at radius 2 is 0.374 bits per heavy atom. The molecule has 30 rings (SSSR count). The fourth-order valence-corrected chi connectivity index (χ4v) is 23.5. The number of para-hydroxylation sites is 1. The SMILES string of the molecule is c1ccc(-c2nc(-c3ccccc3)nc(-c3cccc(-c4ccc5c(ccc6ccc7cc8c(cc7c65)oc5ccccc58)c4)c3)n2)cc1.c1ccc(-c2nc(-c3ccccc3)nc(-c3cccc(-c4ccc5c(ccc6ccc7cc8c(cc7c65)sc5ccccc58)c4)c3)n2)cc1.c1ccc(-c2nc(-c3ccccc3)nc(-c3cccc(-c4ccc5c(ccc6ccc7cc8sc9ccccc9c8cc7c65)c4)c3)n2)cc1. The van der Waals surface area contributed by atoms with Crippen LogP contribution in [0.15, 0.2) is 496 Å². The minimum Gasteiger partial charge on any atom is -0.456 e. The first-order valence-electron chi connectivity index (χ1n) is 49.3. The highest BCUT2D eigenvalue weighted by atomic mass is 32.1. The zero-order valence-corrected chi connectivity index (χ0v) is 80.6. The first kappa shape index (κ1) is 85.8. The quantitative estimate of drug-likeness (QED) is 0.109. The molecule has 684 valence electrons. The summed E-state index contributed by atoms with van der Waals surface area (Å²) in [4.78, 5) is 44.3. The maximum atomic E-state index is 6.30. The summed E-state index contributed by atoms with van der Waals surface area (Å²) in [5, 5.41) is 30.1. The highest BCUT2D eigenvalue weighted by Crippen LogP contribution is 2.47. The van der Waals surface area contributed by atoms with Crippen molar-refractivity contribution in [3.63, 3.8) is 0 Å². The van der Waals surface area contributed by atoms with Gasteiger partial charge in [0.25, 0.3) is 0 Å². The van der Waals surface area contributed by atoms with E-state index in [4.69, 9.17) is 49.3 Å². The molecule has 0 radical (unpaired) electrons. The van der Waals surface area contributed by atoms with Crippen LogP contribution in [0.2, 0.25) is 0 Å². The fraction of sp³-hybridized carbons (Fsp3) is 0. The maximum Gasteiger partial charge on any atom is 0.164 e. The van der Waals surface area contributed by atoms with Crippen LogP contribution >= 0.6 is 22.7 Å². The van der Waals surface area contributed by atoms with Crippen molar-refractivity contribution in [1.82, 2.24) is 44.9 Å². The summed E-state index contributed by atoms with van der Waals surface area (Å²) in [7, 11) is 0. The first-order valence-corrected chi connectivity index (χ1v) is 50.9. The van der Waals surface area contributed by atoms with E-state index in [0.29, 0.717) is 52.4 Å². The van der Waals surface area contributed by atoms with Crippen molar-refractivity contribution in [3.05, 3.63) is 491 Å². The minimum atomic E-state index is 0.643. The van der Waals surface area contributed by atoms with Gasteiger partial charge in [-0.2, -0.15) is 0 Å². The fourth-order valence-electron chi connectivity index (χ4n) is 21.2. The topological polar surface area (TPSA) is 129 Å². The van der Waals surface area contributed by atoms with Crippen LogP contribution in [0.3, 0.4) is 0 Å². The lowest BCUT2D eigenvalue weighted by Crippen LogP contribution is -2.00. The highest BCUT2D eigenvalue weighted by Gasteiger charge is 2.23. The van der Waals surface area contributed by atoms with Gasteiger partial charge in [-0.15, -0.1) is 22.7 Å². The van der Waals surface area contributed by atoms with E-state index in [1.807, 2.05) is 217 Å². The molecule has 0 N–H and O–H groups in total. The van der Waals surface area contributed by atoms with Crippen molar-refractivity contribution in [2.45, 2.75) is 0 Å². The van der Waals surface area contributed by atoms with Crippen LogP contribution in [0.25, 0.3) is 295 Å². The lowest BCUT2D eigenvalue weighted by atomic mass is 9.93. The van der Waals surface area contributed by atoms with Gasteiger partial charge in [-0.3, -0.25) is 0 Å². The summed E-state index contributed by atoms with van der Waals surface area (Å²) in [5.41, 5.74) is 17.2. The van der Waals surface area contributed by atoms with Gasteiger partial charge >= 0.3 is 0 Å². The van der Waals surface area contributed by atoms with Crippen LogP contribution in [0.1, 0.15) is 0 Å². The van der Waals surface area contributed by atoms with Crippen LogP contribution in [0.4, 0.5) is 0 Å². The third-order valence-electron chi connectivity index (χ3n) is 28.4. The zero-order valence-electron chi connectivity index (χ0n) is 79.0. The normalized spacial score (nSPS) is 11.7. The highest BCUT2D eigenvalue weighted by molar-refractivity contribution is 7.26. The van der Waals surface area contributed by atoms with Gasteiger partial charge < -0.3 is 4.42 Å². The first-order chi connectivity index (χ1) is 72.7. The molecular weight excluding hydrogens is 1830 g/mol. The molecule has 0 atom stereocenters. The largest absolute Gasteiger partial charge is 0.456 e. The molecule has 0 unspecified atom stereocenters. The number of aromatic nitrogens is 9. The summed E-state index contributed by atoms with van der Waals surface area (Å²) in [6.45, 7) is 0. The van der Waals surface area contributed by atoms with Gasteiger partial charge in [-0.05, 0) is 221 Å². The molecule has 24 aromatic carbocycles. The van der Waals surface area contributed by atoms with Crippen molar-refractivity contribution < 1.29 is 4.42 Å². The predicted molar refractivity (Wildman–Crippen MR) is 615 cm³/mol. The van der Waals surface area contributed by atoms with Gasteiger partial charge in [0.15, 0.2) is 52.4 Å². The van der Waals surface area contributed by atoms with Crippen LogP contribution in [0, 0.1) is 0 Å². The van der Waals surface area contributed by atoms with E-state index in [-0.39, 0.29) is 0 Å². The van der Waals surface area contributed by atoms with Gasteiger partial charge in [0.1, 0.15) is 11.2 Å². The van der Waals surface area contributed by atoms with E-state index >= 15 is 0 Å². The Kier molecular flexibility index (Phi) is 21.1. The second kappa shape index (κ2) is 36.1. The number of hydrogen-bond acceptors (Lipinski definition) is 12. The van der Waals surface area contributed by atoms with Crippen molar-refractivity contribution in [1.29, 1.82) is 0 Å². The summed E-state index contributed by atoms with van der Waals surface area (Å²) in [5.74, 6) is 5.89. The number of furan rings is 1. The predicted octanol–water partition coefficient (Wildman–Crippen LogP) is 36.6. The molecule has 0 aliphatic heterocycles. The monoisotopic (exact) mass is 1910 g/mol. The summed E-state index contributed by atoms with van der Waals surface area (Å²) in [6.07, 6.45) is 0. The van der Waals surface area contributed by atoms with E-state index in [1.165, 1.54) is 137 Å². The Bertz CT molecular complexity index is 9950. The van der Waals surface area contributed by atoms with Gasteiger partial charge in [-0.1, -0.05) is 400 Å². The molecule has 0 spiro atoms. The number of fused-ring (bicyclic) bond motifs is 24. The standard InChI is InChI=1S/C45H27N3O.2C45H27N3S/c1-3-10-29(11-4-1)43-46-44(30-12-5-2-6-13-30)48-45(47-43)35-15-9-14-31(25-35)32-22-23-36-33(24-32)20-18-28-19-21-34-26-39-37-16-7-8-17-40(37)49-41(39)27-38(34)42(28)36;1-3-10-29(11-4-1)43-46-44(30-12-5-2-6-13-30)48-45(47-43)35-15-9-14-31(25-35)32-22-23-36-33(24-32)20-18-28-19-21-34-26-41-39(27-38(34)42(28)36)37-16-7-8-17-40(37)49-41;1-3-10-29(11-4-1)43-46-44(30-12-5-2-6-13-30)48-45(47-43)35-15-9-14-31(25-35)32-22-23-36-33(24-32)20-18-28-19-21-34-26-39-37-16-7-8-17-40(37)49-41(39)27-38(34)42(28)36/h3*1-27H. The van der Waals surface area contributed by atoms with Crippen LogP contribution in [-0.2, 0) is 0 Å². The molecule has 30 aromatic rings. The van der Waals surface area contributed by atoms with Crippen molar-refractivity contribution in [2.75, 3.05) is 0 Å². The maximum absolute atomic E-state index is 6.30. The van der Waals surface area contributed by atoms with E-state index in [0.717, 1.165) is 105 Å². The number of hydrogen-bond donors (Lipinski definition) is 0. The lowest BCUT2D eigenvalue weighted by Gasteiger charge is -2.12. The molecular formula is C135H81N9OS2. The average molecular weight is 1910 g/mol. The molecule has 0 aliphatic carbocycles. The summed E-state index contributed by atoms with van der Waals surface area (Å²) in [6, 6.07) is 173. The summed E-state index contributed by atoms with van der Waals surface area (Å²) >= 11 is 3.75. The molecule has 12 heteroatoms. The van der Waals surface area contributed by atoms with Crippen LogP contribution < -0.4 is 0 Å². The van der Waals surface area contributed by atoms with E-state index in [2.05, 4.69) is 297 Å². The Balaban J connectivity index is 0.000000107. The van der Waals surface area contributed by atoms with E-state index in [9.17, 15) is 0 Å². The van der Waals surface area contributed by atoms with Crippen molar-refractivity contribution >= 4 is 182 Å². The number of thiophene rings is 2. The molecule has 0 bridgehead atoms. The molecule has 10 nitrogen and oxygen atoms in total. The Labute approximate surface area is 852 Å². The average Bonchev–Trinajstić information content (AvgIpc) is 1.73. The summed E-state index contributed by atoms with van der Waals surface area (Å²) < 4.78 is 11.6. The molecule has 0 saturated heterocycles. The molecule has 0 saturated carbocycles. The second-order valence-electron chi connectivity index (χ2n) is 37.4. The van der Waals surface area contributed by atoms with Gasteiger partial charge in [0, 0.05) is 101 Å². The molecule has 6 aromatic heterocycles. The van der Waals surface area contributed by atoms with Crippen LogP contribution in [-0.4, -0.2) is 44.9 Å². The molecule has 0 aliphatic rings.